The second-order valence-corrected chi connectivity index (χ2v) is 6.70. The normalized spacial score (nSPS) is 15.4. The van der Waals surface area contributed by atoms with Crippen LogP contribution in [0.3, 0.4) is 0 Å². The van der Waals surface area contributed by atoms with Crippen molar-refractivity contribution in [2.24, 2.45) is 0 Å². The molecule has 1 aromatic carbocycles. The first kappa shape index (κ1) is 16.4. The van der Waals surface area contributed by atoms with E-state index in [-0.39, 0.29) is 23.1 Å². The minimum absolute atomic E-state index is 0.0796. The Morgan fingerprint density at radius 2 is 1.92 bits per heavy atom. The Kier molecular flexibility index (Phi) is 4.02. The number of hydrogen-bond acceptors (Lipinski definition) is 5. The van der Waals surface area contributed by atoms with E-state index in [0.29, 0.717) is 16.7 Å². The summed E-state index contributed by atoms with van der Waals surface area (Å²) in [4.78, 5) is 48.1. The Morgan fingerprint density at radius 1 is 1.15 bits per heavy atom. The van der Waals surface area contributed by atoms with Crippen LogP contribution >= 0.6 is 0 Å². The molecule has 0 bridgehead atoms. The zero-order valence-electron chi connectivity index (χ0n) is 14.4. The lowest BCUT2D eigenvalue weighted by atomic mass is 9.95. The van der Waals surface area contributed by atoms with E-state index in [4.69, 9.17) is 0 Å². The largest absolute Gasteiger partial charge is 0.330 e. The molecule has 0 atom stereocenters. The quantitative estimate of drug-likeness (QED) is 0.686. The van der Waals surface area contributed by atoms with E-state index in [1.165, 1.54) is 11.5 Å². The highest BCUT2D eigenvalue weighted by Gasteiger charge is 2.21. The number of rotatable bonds is 2. The number of nitrogens with zero attached hydrogens (tertiary/aromatic N) is 3. The second kappa shape index (κ2) is 6.36. The van der Waals surface area contributed by atoms with Gasteiger partial charge >= 0.3 is 5.69 Å². The van der Waals surface area contributed by atoms with E-state index in [0.717, 1.165) is 32.1 Å². The van der Waals surface area contributed by atoms with E-state index in [1.807, 2.05) is 0 Å². The Labute approximate surface area is 148 Å². The predicted molar refractivity (Wildman–Crippen MR) is 98.4 cm³/mol. The average Bonchev–Trinajstić information content (AvgIpc) is 2.61. The van der Waals surface area contributed by atoms with Crippen molar-refractivity contribution in [2.45, 2.75) is 45.1 Å². The third-order valence-corrected chi connectivity index (χ3v) is 4.79. The molecule has 0 aliphatic heterocycles. The fourth-order valence-electron chi connectivity index (χ4n) is 3.61. The van der Waals surface area contributed by atoms with Gasteiger partial charge in [-0.2, -0.15) is 0 Å². The van der Waals surface area contributed by atoms with Crippen molar-refractivity contribution in [2.75, 3.05) is 5.32 Å². The molecule has 1 fully saturated rings. The topological polar surface area (TPSA) is 110 Å². The molecule has 134 valence electrons. The number of fused-ring (bicyclic) bond motifs is 2. The number of H-pyrrole nitrogens is 1. The highest BCUT2D eigenvalue weighted by molar-refractivity contribution is 5.92. The van der Waals surface area contributed by atoms with Crippen LogP contribution in [0.15, 0.2) is 27.8 Å². The Hall–Kier alpha value is -3.03. The number of aromatic amines is 1. The molecule has 1 aliphatic rings. The van der Waals surface area contributed by atoms with Crippen LogP contribution in [0.25, 0.3) is 22.2 Å². The van der Waals surface area contributed by atoms with E-state index in [9.17, 15) is 14.4 Å². The summed E-state index contributed by atoms with van der Waals surface area (Å²) in [6.45, 7) is 1.42. The van der Waals surface area contributed by atoms with Gasteiger partial charge in [-0.05, 0) is 31.0 Å². The van der Waals surface area contributed by atoms with Gasteiger partial charge in [-0.3, -0.25) is 19.1 Å². The molecule has 4 rings (SSSR count). The van der Waals surface area contributed by atoms with Crippen LogP contribution in [0.5, 0.6) is 0 Å². The molecule has 0 unspecified atom stereocenters. The maximum absolute atomic E-state index is 12.9. The standard InChI is InChI=1S/C18H19N5O3/c1-10(24)19-11-7-8-13-14(9-11)21-16-15(20-13)17(25)23(18(26)22-16)12-5-3-2-4-6-12/h7-9,12H,2-6H2,1H3,(H,19,24)(H,21,22,26). The summed E-state index contributed by atoms with van der Waals surface area (Å²) in [6.07, 6.45) is 4.83. The van der Waals surface area contributed by atoms with Crippen LogP contribution in [-0.4, -0.2) is 25.4 Å². The lowest BCUT2D eigenvalue weighted by molar-refractivity contribution is -0.114. The van der Waals surface area contributed by atoms with Crippen molar-refractivity contribution in [1.82, 2.24) is 19.5 Å². The van der Waals surface area contributed by atoms with E-state index < -0.39 is 11.2 Å². The number of nitrogens with one attached hydrogen (secondary N) is 2. The lowest BCUT2D eigenvalue weighted by Crippen LogP contribution is -2.39. The van der Waals surface area contributed by atoms with Crippen LogP contribution in [0.4, 0.5) is 5.69 Å². The highest BCUT2D eigenvalue weighted by atomic mass is 16.2. The first-order valence-electron chi connectivity index (χ1n) is 8.77. The van der Waals surface area contributed by atoms with E-state index in [2.05, 4.69) is 20.3 Å². The van der Waals surface area contributed by atoms with Gasteiger partial charge in [0.2, 0.25) is 5.91 Å². The molecule has 1 aliphatic carbocycles. The molecule has 8 heteroatoms. The smallest absolute Gasteiger partial charge is 0.326 e. The van der Waals surface area contributed by atoms with Gasteiger partial charge in [-0.15, -0.1) is 0 Å². The molecule has 2 N–H and O–H groups in total. The molecule has 8 nitrogen and oxygen atoms in total. The molecular formula is C18H19N5O3. The molecule has 1 saturated carbocycles. The monoisotopic (exact) mass is 353 g/mol. The zero-order chi connectivity index (χ0) is 18.3. The number of carbonyl (C=O) groups is 1. The maximum atomic E-state index is 12.9. The van der Waals surface area contributed by atoms with Gasteiger partial charge in [0.15, 0.2) is 11.2 Å². The SMILES string of the molecule is CC(=O)Nc1ccc2nc3c(=O)n(C4CCCCC4)c(=O)[nH]c3nc2c1. The minimum Gasteiger partial charge on any atom is -0.326 e. The number of amides is 1. The zero-order valence-corrected chi connectivity index (χ0v) is 14.4. The van der Waals surface area contributed by atoms with Crippen LogP contribution < -0.4 is 16.6 Å². The first-order chi connectivity index (χ1) is 12.5. The first-order valence-corrected chi connectivity index (χ1v) is 8.77. The van der Waals surface area contributed by atoms with Gasteiger partial charge in [0, 0.05) is 18.7 Å². The summed E-state index contributed by atoms with van der Waals surface area (Å²) in [5.74, 6) is -0.193. The van der Waals surface area contributed by atoms with E-state index in [1.54, 1.807) is 18.2 Å². The minimum atomic E-state index is -0.443. The molecule has 2 aromatic heterocycles. The van der Waals surface area contributed by atoms with Crippen LogP contribution in [0.1, 0.15) is 45.1 Å². The third kappa shape index (κ3) is 2.87. The van der Waals surface area contributed by atoms with Crippen molar-refractivity contribution in [3.8, 4) is 0 Å². The van der Waals surface area contributed by atoms with Gasteiger partial charge in [0.1, 0.15) is 0 Å². The summed E-state index contributed by atoms with van der Waals surface area (Å²) < 4.78 is 1.30. The second-order valence-electron chi connectivity index (χ2n) is 6.70. The van der Waals surface area contributed by atoms with Crippen molar-refractivity contribution in [1.29, 1.82) is 0 Å². The van der Waals surface area contributed by atoms with Gasteiger partial charge < -0.3 is 5.32 Å². The van der Waals surface area contributed by atoms with Crippen molar-refractivity contribution < 1.29 is 4.79 Å². The van der Waals surface area contributed by atoms with Crippen LogP contribution in [0, 0.1) is 0 Å². The molecule has 0 spiro atoms. The Balaban J connectivity index is 1.89. The number of hydrogen-bond donors (Lipinski definition) is 2. The van der Waals surface area contributed by atoms with Gasteiger partial charge in [-0.25, -0.2) is 14.8 Å². The van der Waals surface area contributed by atoms with Crippen molar-refractivity contribution in [3.63, 3.8) is 0 Å². The highest BCUT2D eigenvalue weighted by Crippen LogP contribution is 2.26. The predicted octanol–water partition coefficient (Wildman–Crippen LogP) is 2.10. The summed E-state index contributed by atoms with van der Waals surface area (Å²) >= 11 is 0. The molecule has 26 heavy (non-hydrogen) atoms. The fourth-order valence-corrected chi connectivity index (χ4v) is 3.61. The van der Waals surface area contributed by atoms with Gasteiger partial charge in [0.25, 0.3) is 5.56 Å². The average molecular weight is 353 g/mol. The van der Waals surface area contributed by atoms with Crippen LogP contribution in [0.2, 0.25) is 0 Å². The molecule has 1 amide bonds. The molecular weight excluding hydrogens is 334 g/mol. The number of aromatic nitrogens is 4. The summed E-state index contributed by atoms with van der Waals surface area (Å²) in [6, 6.07) is 4.98. The Bertz CT molecular complexity index is 1130. The van der Waals surface area contributed by atoms with Crippen LogP contribution in [-0.2, 0) is 4.79 Å². The Morgan fingerprint density at radius 3 is 2.65 bits per heavy atom. The number of carbonyl (C=O) groups excluding carboxylic acids is 1. The molecule has 2 heterocycles. The third-order valence-electron chi connectivity index (χ3n) is 4.79. The fraction of sp³-hybridized carbons (Fsp3) is 0.389. The van der Waals surface area contributed by atoms with Crippen molar-refractivity contribution >= 4 is 33.8 Å². The molecule has 3 aromatic rings. The maximum Gasteiger partial charge on any atom is 0.330 e. The van der Waals surface area contributed by atoms with Gasteiger partial charge in [0.05, 0.1) is 11.0 Å². The van der Waals surface area contributed by atoms with E-state index >= 15 is 0 Å². The summed E-state index contributed by atoms with van der Waals surface area (Å²) in [7, 11) is 0. The summed E-state index contributed by atoms with van der Waals surface area (Å²) in [5.41, 5.74) is 1.10. The van der Waals surface area contributed by atoms with Gasteiger partial charge in [-0.1, -0.05) is 19.3 Å². The molecule has 0 radical (unpaired) electrons. The van der Waals surface area contributed by atoms with Crippen molar-refractivity contribution in [3.05, 3.63) is 39.0 Å². The number of anilines is 1. The summed E-state index contributed by atoms with van der Waals surface area (Å²) in [5, 5.41) is 2.68. The molecule has 0 saturated heterocycles. The lowest BCUT2D eigenvalue weighted by Gasteiger charge is -2.22. The number of benzene rings is 1.